The third-order valence-electron chi connectivity index (χ3n) is 2.75. The molecule has 0 radical (unpaired) electrons. The van der Waals surface area contributed by atoms with Crippen molar-refractivity contribution in [2.45, 2.75) is 0 Å². The van der Waals surface area contributed by atoms with Crippen molar-refractivity contribution in [3.8, 4) is 11.1 Å². The van der Waals surface area contributed by atoms with E-state index in [1.54, 1.807) is 6.07 Å². The minimum absolute atomic E-state index is 0.114. The number of aromatic amines is 1. The number of rotatable bonds is 1. The lowest BCUT2D eigenvalue weighted by molar-refractivity contribution is 0.642. The van der Waals surface area contributed by atoms with E-state index in [-0.39, 0.29) is 11.2 Å². The number of fused-ring (bicyclic) bond motifs is 1. The molecule has 0 amide bonds. The Hall–Kier alpha value is -2.36. The molecule has 84 valence electrons. The Morgan fingerprint density at radius 3 is 2.71 bits per heavy atom. The van der Waals surface area contributed by atoms with E-state index in [0.29, 0.717) is 5.52 Å². The number of hydrogen-bond acceptors (Lipinski definition) is 2. The largest absolute Gasteiger partial charge is 0.396 e. The Morgan fingerprint density at radius 2 is 1.94 bits per heavy atom. The average molecular weight is 227 g/mol. The lowest BCUT2D eigenvalue weighted by atomic mass is 10.0. The molecule has 0 saturated carbocycles. The third kappa shape index (κ3) is 1.45. The molecule has 0 fully saturated rings. The average Bonchev–Trinajstić information content (AvgIpc) is 2.84. The molecule has 3 aromatic rings. The summed E-state index contributed by atoms with van der Waals surface area (Å²) in [6, 6.07) is 11.3. The number of nitrogen functional groups attached to an aromatic ring is 1. The molecule has 1 heterocycles. The highest BCUT2D eigenvalue weighted by Crippen LogP contribution is 2.31. The van der Waals surface area contributed by atoms with E-state index in [1.807, 2.05) is 30.3 Å². The molecule has 3 N–H and O–H groups in total. The summed E-state index contributed by atoms with van der Waals surface area (Å²) in [7, 11) is 0. The summed E-state index contributed by atoms with van der Waals surface area (Å²) in [4.78, 5) is 6.90. The quantitative estimate of drug-likeness (QED) is 0.628. The highest BCUT2D eigenvalue weighted by atomic mass is 19.1. The maximum atomic E-state index is 13.7. The van der Waals surface area contributed by atoms with E-state index in [9.17, 15) is 4.39 Å². The number of benzene rings is 2. The monoisotopic (exact) mass is 227 g/mol. The number of anilines is 1. The zero-order chi connectivity index (χ0) is 11.8. The maximum absolute atomic E-state index is 13.7. The van der Waals surface area contributed by atoms with E-state index in [2.05, 4.69) is 9.97 Å². The van der Waals surface area contributed by atoms with Crippen molar-refractivity contribution in [3.63, 3.8) is 0 Å². The van der Waals surface area contributed by atoms with Gasteiger partial charge in [-0.3, -0.25) is 0 Å². The number of imidazole rings is 1. The normalized spacial score (nSPS) is 10.9. The molecule has 1 aromatic heterocycles. The first-order valence-corrected chi connectivity index (χ1v) is 5.24. The third-order valence-corrected chi connectivity index (χ3v) is 2.75. The second kappa shape index (κ2) is 3.59. The maximum Gasteiger partial charge on any atom is 0.173 e. The molecule has 2 aromatic carbocycles. The van der Waals surface area contributed by atoms with Crippen LogP contribution in [0, 0.1) is 5.82 Å². The highest BCUT2D eigenvalue weighted by molar-refractivity contribution is 5.94. The molecule has 0 bridgehead atoms. The van der Waals surface area contributed by atoms with Gasteiger partial charge < -0.3 is 10.7 Å². The first-order chi connectivity index (χ1) is 8.27. The van der Waals surface area contributed by atoms with Crippen molar-refractivity contribution >= 4 is 16.7 Å². The SMILES string of the molecule is Nc1cc(-c2ccccc2)c2[nH]cnc2c1F. The first kappa shape index (κ1) is 9.84. The second-order valence-electron chi connectivity index (χ2n) is 3.82. The van der Waals surface area contributed by atoms with Crippen LogP contribution < -0.4 is 5.73 Å². The van der Waals surface area contributed by atoms with Gasteiger partial charge in [-0.05, 0) is 11.6 Å². The number of H-pyrrole nitrogens is 1. The van der Waals surface area contributed by atoms with Crippen molar-refractivity contribution in [2.24, 2.45) is 0 Å². The second-order valence-corrected chi connectivity index (χ2v) is 3.82. The van der Waals surface area contributed by atoms with Gasteiger partial charge in [-0.25, -0.2) is 9.37 Å². The van der Waals surface area contributed by atoms with Crippen LogP contribution in [0.4, 0.5) is 10.1 Å². The van der Waals surface area contributed by atoms with Crippen molar-refractivity contribution in [2.75, 3.05) is 5.73 Å². The molecule has 0 aliphatic rings. The molecule has 0 unspecified atom stereocenters. The number of aromatic nitrogens is 2. The number of halogens is 1. The van der Waals surface area contributed by atoms with Crippen LogP contribution in [0.5, 0.6) is 0 Å². The van der Waals surface area contributed by atoms with Crippen LogP contribution in [0.15, 0.2) is 42.7 Å². The fourth-order valence-corrected chi connectivity index (χ4v) is 1.94. The zero-order valence-corrected chi connectivity index (χ0v) is 8.94. The van der Waals surface area contributed by atoms with Gasteiger partial charge in [0.25, 0.3) is 0 Å². The molecule has 0 aliphatic heterocycles. The van der Waals surface area contributed by atoms with Crippen molar-refractivity contribution in [3.05, 3.63) is 48.5 Å². The van der Waals surface area contributed by atoms with Gasteiger partial charge in [-0.2, -0.15) is 0 Å². The zero-order valence-electron chi connectivity index (χ0n) is 8.94. The summed E-state index contributed by atoms with van der Waals surface area (Å²) >= 11 is 0. The standard InChI is InChI=1S/C13H10FN3/c14-11-10(15)6-9(8-4-2-1-3-5-8)12-13(11)17-7-16-12/h1-7H,15H2,(H,16,17). The lowest BCUT2D eigenvalue weighted by Gasteiger charge is -2.06. The van der Waals surface area contributed by atoms with Crippen molar-refractivity contribution in [1.82, 2.24) is 9.97 Å². The molecule has 0 atom stereocenters. The van der Waals surface area contributed by atoms with Crippen LogP contribution in [-0.2, 0) is 0 Å². The van der Waals surface area contributed by atoms with Gasteiger partial charge in [-0.15, -0.1) is 0 Å². The van der Waals surface area contributed by atoms with Crippen LogP contribution in [0.25, 0.3) is 22.2 Å². The van der Waals surface area contributed by atoms with E-state index in [0.717, 1.165) is 11.1 Å². The van der Waals surface area contributed by atoms with Crippen LogP contribution in [-0.4, -0.2) is 9.97 Å². The number of nitrogens with two attached hydrogens (primary N) is 1. The van der Waals surface area contributed by atoms with Crippen LogP contribution in [0.1, 0.15) is 0 Å². The Labute approximate surface area is 97.1 Å². The molecule has 4 heteroatoms. The lowest BCUT2D eigenvalue weighted by Crippen LogP contribution is -1.93. The Kier molecular flexibility index (Phi) is 2.08. The van der Waals surface area contributed by atoms with E-state index in [4.69, 9.17) is 5.73 Å². The first-order valence-electron chi connectivity index (χ1n) is 5.24. The summed E-state index contributed by atoms with van der Waals surface area (Å²) in [5.41, 5.74) is 8.56. The Balaban J connectivity index is 2.38. The summed E-state index contributed by atoms with van der Waals surface area (Å²) in [5.74, 6) is -0.471. The van der Waals surface area contributed by atoms with Crippen molar-refractivity contribution < 1.29 is 4.39 Å². The predicted octanol–water partition coefficient (Wildman–Crippen LogP) is 2.95. The molecule has 0 aliphatic carbocycles. The van der Waals surface area contributed by atoms with Crippen LogP contribution in [0.3, 0.4) is 0 Å². The van der Waals surface area contributed by atoms with Gasteiger partial charge in [0.15, 0.2) is 5.82 Å². The molecule has 17 heavy (non-hydrogen) atoms. The van der Waals surface area contributed by atoms with Gasteiger partial charge in [-0.1, -0.05) is 30.3 Å². The van der Waals surface area contributed by atoms with Crippen LogP contribution >= 0.6 is 0 Å². The molecular weight excluding hydrogens is 217 g/mol. The smallest absolute Gasteiger partial charge is 0.173 e. The highest BCUT2D eigenvalue weighted by Gasteiger charge is 2.13. The minimum Gasteiger partial charge on any atom is -0.396 e. The molecule has 3 rings (SSSR count). The molecule has 3 nitrogen and oxygen atoms in total. The van der Waals surface area contributed by atoms with E-state index < -0.39 is 5.82 Å². The summed E-state index contributed by atoms with van der Waals surface area (Å²) in [6.07, 6.45) is 1.47. The molecule has 0 saturated heterocycles. The van der Waals surface area contributed by atoms with Gasteiger partial charge in [0, 0.05) is 5.56 Å². The fraction of sp³-hybridized carbons (Fsp3) is 0. The topological polar surface area (TPSA) is 54.7 Å². The van der Waals surface area contributed by atoms with Crippen molar-refractivity contribution in [1.29, 1.82) is 0 Å². The van der Waals surface area contributed by atoms with Gasteiger partial charge in [0.1, 0.15) is 5.52 Å². The molecular formula is C13H10FN3. The number of nitrogens with zero attached hydrogens (tertiary/aromatic N) is 1. The van der Waals surface area contributed by atoms with E-state index in [1.165, 1.54) is 6.33 Å². The Morgan fingerprint density at radius 1 is 1.18 bits per heavy atom. The number of hydrogen-bond donors (Lipinski definition) is 2. The summed E-state index contributed by atoms with van der Waals surface area (Å²) in [6.45, 7) is 0. The van der Waals surface area contributed by atoms with Gasteiger partial charge >= 0.3 is 0 Å². The van der Waals surface area contributed by atoms with Gasteiger partial charge in [0.05, 0.1) is 17.5 Å². The Bertz CT molecular complexity index is 674. The molecule has 0 spiro atoms. The van der Waals surface area contributed by atoms with Gasteiger partial charge in [0.2, 0.25) is 0 Å². The van der Waals surface area contributed by atoms with Crippen LogP contribution in [0.2, 0.25) is 0 Å². The number of nitrogens with one attached hydrogen (secondary N) is 1. The summed E-state index contributed by atoms with van der Waals surface area (Å²) < 4.78 is 13.7. The fourth-order valence-electron chi connectivity index (χ4n) is 1.94. The summed E-state index contributed by atoms with van der Waals surface area (Å²) in [5, 5.41) is 0. The van der Waals surface area contributed by atoms with E-state index >= 15 is 0 Å². The predicted molar refractivity (Wildman–Crippen MR) is 65.9 cm³/mol. The minimum atomic E-state index is -0.471.